The van der Waals surface area contributed by atoms with Gasteiger partial charge < -0.3 is 10.4 Å². The maximum absolute atomic E-state index is 14.9. The van der Waals surface area contributed by atoms with Crippen molar-refractivity contribution in [1.29, 1.82) is 0 Å². The van der Waals surface area contributed by atoms with Crippen LogP contribution in [0.3, 0.4) is 0 Å². The first-order valence-corrected chi connectivity index (χ1v) is 12.1. The molecule has 1 saturated carbocycles. The van der Waals surface area contributed by atoms with Crippen LogP contribution in [0.25, 0.3) is 10.9 Å². The van der Waals surface area contributed by atoms with Crippen molar-refractivity contribution >= 4 is 16.6 Å². The maximum atomic E-state index is 14.9. The molecule has 35 heavy (non-hydrogen) atoms. The lowest BCUT2D eigenvalue weighted by Crippen LogP contribution is -2.40. The number of aromatic nitrogens is 5. The zero-order valence-corrected chi connectivity index (χ0v) is 19.9. The monoisotopic (exact) mass is 480 g/mol. The molecule has 0 bridgehead atoms. The van der Waals surface area contributed by atoms with Crippen molar-refractivity contribution in [3.8, 4) is 0 Å². The number of nitrogens with one attached hydrogen (secondary N) is 1. The van der Waals surface area contributed by atoms with Gasteiger partial charge in [-0.2, -0.15) is 10.2 Å². The molecular weight excluding hydrogens is 450 g/mol. The Morgan fingerprint density at radius 3 is 2.80 bits per heavy atom. The molecule has 2 N–H and O–H groups in total. The molecule has 184 valence electrons. The van der Waals surface area contributed by atoms with E-state index < -0.39 is 23.3 Å². The molecule has 0 aliphatic heterocycles. The Labute approximate surface area is 202 Å². The fourth-order valence-corrected chi connectivity index (χ4v) is 5.20. The molecular formula is C26H30F2N6O. The van der Waals surface area contributed by atoms with E-state index in [-0.39, 0.29) is 12.1 Å². The summed E-state index contributed by atoms with van der Waals surface area (Å²) in [6.45, 7) is 3.97. The predicted molar refractivity (Wildman–Crippen MR) is 130 cm³/mol. The van der Waals surface area contributed by atoms with Crippen LogP contribution in [-0.2, 0) is 12.1 Å². The van der Waals surface area contributed by atoms with Gasteiger partial charge in [-0.15, -0.1) is 0 Å². The summed E-state index contributed by atoms with van der Waals surface area (Å²) in [4.78, 5) is 3.92. The molecule has 1 aliphatic rings. The highest BCUT2D eigenvalue weighted by Gasteiger charge is 2.41. The van der Waals surface area contributed by atoms with E-state index >= 15 is 0 Å². The lowest BCUT2D eigenvalue weighted by Gasteiger charge is -2.34. The first kappa shape index (κ1) is 23.4. The second kappa shape index (κ2) is 9.37. The topological polar surface area (TPSA) is 80.8 Å². The van der Waals surface area contributed by atoms with Crippen LogP contribution in [0.5, 0.6) is 0 Å². The van der Waals surface area contributed by atoms with E-state index in [0.717, 1.165) is 47.5 Å². The Morgan fingerprint density at radius 1 is 1.20 bits per heavy atom. The Balaban J connectivity index is 1.47. The van der Waals surface area contributed by atoms with Gasteiger partial charge in [0, 0.05) is 34.9 Å². The standard InChI is InChI=1S/C26H30F2N6O/c1-17-4-3-5-21(10-17)31-22-7-9-25-19(11-22)13-34(32-25)18(2)26(35,14-33-16-29-15-30-33)23-8-6-20(27)12-24(23)28/h6-9,11-13,15-18,21,31,35H,3-5,10,14H2,1-2H3/t17?,18-,21?,26-/m1/s1. The minimum atomic E-state index is -1.77. The van der Waals surface area contributed by atoms with Gasteiger partial charge in [0.15, 0.2) is 0 Å². The van der Waals surface area contributed by atoms with Crippen LogP contribution in [0, 0.1) is 17.6 Å². The number of halogens is 2. The molecule has 0 amide bonds. The Hall–Kier alpha value is -3.33. The molecule has 4 atom stereocenters. The molecule has 2 aromatic heterocycles. The zero-order valence-electron chi connectivity index (χ0n) is 19.9. The normalized spacial score (nSPS) is 21.1. The SMILES string of the molecule is CC1CCCC(Nc2ccc3nn([C@H](C)[C@](O)(Cn4cncn4)c4ccc(F)cc4F)cc3c2)C1. The first-order chi connectivity index (χ1) is 16.8. The van der Waals surface area contributed by atoms with E-state index in [2.05, 4.69) is 33.5 Å². The summed E-state index contributed by atoms with van der Waals surface area (Å²) in [5.74, 6) is -0.813. The quantitative estimate of drug-likeness (QED) is 0.387. The second-order valence-electron chi connectivity index (χ2n) is 9.81. The van der Waals surface area contributed by atoms with Gasteiger partial charge in [0.05, 0.1) is 18.1 Å². The molecule has 0 spiro atoms. The largest absolute Gasteiger partial charge is 0.382 e. The number of hydrogen-bond acceptors (Lipinski definition) is 5. The van der Waals surface area contributed by atoms with E-state index in [4.69, 9.17) is 0 Å². The average molecular weight is 481 g/mol. The summed E-state index contributed by atoms with van der Waals surface area (Å²) in [6, 6.07) is 8.97. The zero-order chi connectivity index (χ0) is 24.6. The van der Waals surface area contributed by atoms with Crippen LogP contribution in [0.4, 0.5) is 14.5 Å². The van der Waals surface area contributed by atoms with E-state index in [9.17, 15) is 13.9 Å². The average Bonchev–Trinajstić information content (AvgIpc) is 3.47. The van der Waals surface area contributed by atoms with Gasteiger partial charge in [-0.25, -0.2) is 18.4 Å². The summed E-state index contributed by atoms with van der Waals surface area (Å²) in [5, 5.41) is 25.1. The number of aliphatic hydroxyl groups is 1. The minimum Gasteiger partial charge on any atom is -0.382 e. The summed E-state index contributed by atoms with van der Waals surface area (Å²) in [7, 11) is 0. The van der Waals surface area contributed by atoms with Crippen molar-refractivity contribution in [2.75, 3.05) is 5.32 Å². The fraction of sp³-hybridized carbons (Fsp3) is 0.423. The van der Waals surface area contributed by atoms with Crippen LogP contribution in [0.15, 0.2) is 55.2 Å². The molecule has 0 saturated heterocycles. The highest BCUT2D eigenvalue weighted by atomic mass is 19.1. The number of fused-ring (bicyclic) bond motifs is 1. The van der Waals surface area contributed by atoms with Crippen molar-refractivity contribution in [2.24, 2.45) is 5.92 Å². The first-order valence-electron chi connectivity index (χ1n) is 12.1. The third-order valence-corrected chi connectivity index (χ3v) is 7.18. The Bertz CT molecular complexity index is 1310. The summed E-state index contributed by atoms with van der Waals surface area (Å²) >= 11 is 0. The van der Waals surface area contributed by atoms with Gasteiger partial charge in [0.25, 0.3) is 0 Å². The second-order valence-corrected chi connectivity index (χ2v) is 9.81. The molecule has 2 aromatic carbocycles. The van der Waals surface area contributed by atoms with Crippen molar-refractivity contribution in [3.63, 3.8) is 0 Å². The van der Waals surface area contributed by atoms with Gasteiger partial charge in [0.2, 0.25) is 0 Å². The number of rotatable bonds is 7. The van der Waals surface area contributed by atoms with E-state index in [1.54, 1.807) is 11.6 Å². The minimum absolute atomic E-state index is 0.0322. The van der Waals surface area contributed by atoms with E-state index in [1.807, 2.05) is 18.3 Å². The van der Waals surface area contributed by atoms with Crippen LogP contribution in [-0.4, -0.2) is 35.7 Å². The summed E-state index contributed by atoms with van der Waals surface area (Å²) in [6.07, 6.45) is 9.49. The molecule has 9 heteroatoms. The van der Waals surface area contributed by atoms with E-state index in [0.29, 0.717) is 6.04 Å². The molecule has 4 aromatic rings. The smallest absolute Gasteiger partial charge is 0.137 e. The van der Waals surface area contributed by atoms with Crippen molar-refractivity contribution in [3.05, 3.63) is 72.4 Å². The van der Waals surface area contributed by atoms with Crippen LogP contribution >= 0.6 is 0 Å². The van der Waals surface area contributed by atoms with Gasteiger partial charge in [-0.05, 0) is 49.9 Å². The van der Waals surface area contributed by atoms with Crippen LogP contribution < -0.4 is 5.32 Å². The van der Waals surface area contributed by atoms with E-state index in [1.165, 1.54) is 36.2 Å². The van der Waals surface area contributed by atoms with Crippen LogP contribution in [0.1, 0.15) is 51.1 Å². The number of nitrogens with zero attached hydrogens (tertiary/aromatic N) is 5. The van der Waals surface area contributed by atoms with Crippen molar-refractivity contribution in [2.45, 2.75) is 63.8 Å². The van der Waals surface area contributed by atoms with Gasteiger partial charge in [0.1, 0.15) is 29.9 Å². The predicted octanol–water partition coefficient (Wildman–Crippen LogP) is 5.05. The number of benzene rings is 2. The molecule has 7 nitrogen and oxygen atoms in total. The molecule has 0 radical (unpaired) electrons. The van der Waals surface area contributed by atoms with Crippen molar-refractivity contribution < 1.29 is 13.9 Å². The van der Waals surface area contributed by atoms with Gasteiger partial charge in [-0.1, -0.05) is 25.8 Å². The van der Waals surface area contributed by atoms with Crippen molar-refractivity contribution in [1.82, 2.24) is 24.5 Å². The van der Waals surface area contributed by atoms with Crippen LogP contribution in [0.2, 0.25) is 0 Å². The Kier molecular flexibility index (Phi) is 6.27. The Morgan fingerprint density at radius 2 is 2.06 bits per heavy atom. The van der Waals surface area contributed by atoms with Gasteiger partial charge >= 0.3 is 0 Å². The maximum Gasteiger partial charge on any atom is 0.137 e. The summed E-state index contributed by atoms with van der Waals surface area (Å²) < 4.78 is 31.6. The third-order valence-electron chi connectivity index (χ3n) is 7.18. The lowest BCUT2D eigenvalue weighted by molar-refractivity contribution is -0.0366. The highest BCUT2D eigenvalue weighted by molar-refractivity contribution is 5.82. The molecule has 5 rings (SSSR count). The van der Waals surface area contributed by atoms with Gasteiger partial charge in [-0.3, -0.25) is 4.68 Å². The lowest BCUT2D eigenvalue weighted by atomic mass is 9.86. The summed E-state index contributed by atoms with van der Waals surface area (Å²) in [5.41, 5.74) is -0.00378. The highest BCUT2D eigenvalue weighted by Crippen LogP contribution is 2.37. The molecule has 1 aliphatic carbocycles. The number of hydrogen-bond donors (Lipinski definition) is 2. The molecule has 1 fully saturated rings. The molecule has 2 unspecified atom stereocenters. The number of anilines is 1. The third kappa shape index (κ3) is 4.77. The molecule has 2 heterocycles. The fourth-order valence-electron chi connectivity index (χ4n) is 5.20.